The smallest absolute Gasteiger partial charge is 0.241 e. The molecule has 0 bridgehead atoms. The third kappa shape index (κ3) is 4.72. The van der Waals surface area contributed by atoms with Gasteiger partial charge in [-0.05, 0) is 41.4 Å². The monoisotopic (exact) mass is 354 g/mol. The maximum Gasteiger partial charge on any atom is 0.241 e. The number of nitrogens with two attached hydrogens (primary N) is 1. The van der Waals surface area contributed by atoms with Crippen molar-refractivity contribution in [1.29, 1.82) is 0 Å². The van der Waals surface area contributed by atoms with Crippen LogP contribution in [0.25, 0.3) is 0 Å². The Morgan fingerprint density at radius 2 is 2.16 bits per heavy atom. The zero-order valence-electron chi connectivity index (χ0n) is 10.4. The number of rotatable bonds is 7. The SMILES string of the molecule is CCOCCCNS(=O)(=O)c1cc(N)c(F)cc1Br. The van der Waals surface area contributed by atoms with E-state index in [0.29, 0.717) is 19.6 Å². The van der Waals surface area contributed by atoms with E-state index in [-0.39, 0.29) is 21.6 Å². The Labute approximate surface area is 120 Å². The van der Waals surface area contributed by atoms with Crippen LogP contribution in [0.4, 0.5) is 10.1 Å². The molecule has 1 aromatic carbocycles. The first-order valence-electron chi connectivity index (χ1n) is 5.70. The number of anilines is 1. The molecule has 8 heteroatoms. The Bertz CT molecular complexity index is 537. The van der Waals surface area contributed by atoms with Crippen LogP contribution in [0.3, 0.4) is 0 Å². The predicted molar refractivity (Wildman–Crippen MR) is 74.8 cm³/mol. The number of benzene rings is 1. The van der Waals surface area contributed by atoms with Crippen molar-refractivity contribution in [2.24, 2.45) is 0 Å². The molecule has 0 amide bonds. The number of sulfonamides is 1. The number of nitrogen functional groups attached to an aromatic ring is 1. The third-order valence-electron chi connectivity index (χ3n) is 2.30. The van der Waals surface area contributed by atoms with E-state index in [1.165, 1.54) is 0 Å². The summed E-state index contributed by atoms with van der Waals surface area (Å²) in [5.74, 6) is -0.665. The number of ether oxygens (including phenoxy) is 1. The summed E-state index contributed by atoms with van der Waals surface area (Å²) in [5.41, 5.74) is 5.16. The van der Waals surface area contributed by atoms with Gasteiger partial charge in [0.05, 0.1) is 10.6 Å². The van der Waals surface area contributed by atoms with Crippen LogP contribution in [0.5, 0.6) is 0 Å². The van der Waals surface area contributed by atoms with E-state index in [1.807, 2.05) is 6.92 Å². The third-order valence-corrected chi connectivity index (χ3v) is 4.72. The molecule has 5 nitrogen and oxygen atoms in total. The topological polar surface area (TPSA) is 81.4 Å². The highest BCUT2D eigenvalue weighted by atomic mass is 79.9. The average molecular weight is 355 g/mol. The van der Waals surface area contributed by atoms with Gasteiger partial charge in [0.25, 0.3) is 0 Å². The highest BCUT2D eigenvalue weighted by Gasteiger charge is 2.19. The number of halogens is 2. The average Bonchev–Trinajstić information content (AvgIpc) is 2.33. The summed E-state index contributed by atoms with van der Waals surface area (Å²) < 4.78 is 44.8. The fourth-order valence-corrected chi connectivity index (χ4v) is 3.47. The van der Waals surface area contributed by atoms with Gasteiger partial charge in [-0.1, -0.05) is 0 Å². The highest BCUT2D eigenvalue weighted by molar-refractivity contribution is 9.10. The van der Waals surface area contributed by atoms with Crippen LogP contribution in [0.1, 0.15) is 13.3 Å². The van der Waals surface area contributed by atoms with Crippen LogP contribution in [0, 0.1) is 5.82 Å². The molecule has 0 saturated carbocycles. The van der Waals surface area contributed by atoms with E-state index in [9.17, 15) is 12.8 Å². The van der Waals surface area contributed by atoms with Crippen molar-refractivity contribution in [2.45, 2.75) is 18.2 Å². The largest absolute Gasteiger partial charge is 0.396 e. The molecular weight excluding hydrogens is 339 g/mol. The molecule has 0 aliphatic heterocycles. The van der Waals surface area contributed by atoms with E-state index in [0.717, 1.165) is 12.1 Å². The lowest BCUT2D eigenvalue weighted by Gasteiger charge is -2.09. The van der Waals surface area contributed by atoms with Gasteiger partial charge in [0.2, 0.25) is 10.0 Å². The van der Waals surface area contributed by atoms with E-state index >= 15 is 0 Å². The molecule has 0 heterocycles. The fraction of sp³-hybridized carbons (Fsp3) is 0.455. The van der Waals surface area contributed by atoms with Gasteiger partial charge in [-0.15, -0.1) is 0 Å². The zero-order valence-corrected chi connectivity index (χ0v) is 12.9. The standard InChI is InChI=1S/C11H16BrFN2O3S/c1-2-18-5-3-4-15-19(16,17)11-7-10(14)9(13)6-8(11)12/h6-7,15H,2-5,14H2,1H3. The molecule has 108 valence electrons. The lowest BCUT2D eigenvalue weighted by molar-refractivity contribution is 0.146. The van der Waals surface area contributed by atoms with E-state index in [1.54, 1.807) is 0 Å². The Balaban J connectivity index is 2.75. The summed E-state index contributed by atoms with van der Waals surface area (Å²) in [5, 5.41) is 0. The number of hydrogen-bond donors (Lipinski definition) is 2. The van der Waals surface area contributed by atoms with Gasteiger partial charge in [-0.3, -0.25) is 0 Å². The van der Waals surface area contributed by atoms with Crippen LogP contribution < -0.4 is 10.5 Å². The highest BCUT2D eigenvalue weighted by Crippen LogP contribution is 2.26. The molecule has 1 aromatic rings. The summed E-state index contributed by atoms with van der Waals surface area (Å²) >= 11 is 3.01. The summed E-state index contributed by atoms with van der Waals surface area (Å²) in [4.78, 5) is -0.0807. The second-order valence-corrected chi connectivity index (χ2v) is 6.34. The Kier molecular flexibility index (Phi) is 6.18. The summed E-state index contributed by atoms with van der Waals surface area (Å²) in [6.07, 6.45) is 0.557. The first-order chi connectivity index (χ1) is 8.88. The fourth-order valence-electron chi connectivity index (χ4n) is 1.35. The molecule has 0 aliphatic rings. The lowest BCUT2D eigenvalue weighted by Crippen LogP contribution is -2.26. The first kappa shape index (κ1) is 16.4. The van der Waals surface area contributed by atoms with Crippen molar-refractivity contribution in [3.63, 3.8) is 0 Å². The van der Waals surface area contributed by atoms with E-state index in [4.69, 9.17) is 10.5 Å². The molecule has 0 saturated heterocycles. The molecule has 0 atom stereocenters. The van der Waals surface area contributed by atoms with Crippen LogP contribution in [0.2, 0.25) is 0 Å². The first-order valence-corrected chi connectivity index (χ1v) is 7.98. The van der Waals surface area contributed by atoms with Crippen LogP contribution in [-0.4, -0.2) is 28.2 Å². The zero-order chi connectivity index (χ0) is 14.5. The van der Waals surface area contributed by atoms with Crippen molar-refractivity contribution < 1.29 is 17.5 Å². The van der Waals surface area contributed by atoms with Gasteiger partial charge < -0.3 is 10.5 Å². The van der Waals surface area contributed by atoms with Gasteiger partial charge in [0.1, 0.15) is 5.82 Å². The van der Waals surface area contributed by atoms with Crippen molar-refractivity contribution in [1.82, 2.24) is 4.72 Å². The Morgan fingerprint density at radius 1 is 1.47 bits per heavy atom. The van der Waals surface area contributed by atoms with Crippen molar-refractivity contribution in [3.8, 4) is 0 Å². The van der Waals surface area contributed by atoms with Gasteiger partial charge in [0.15, 0.2) is 0 Å². The minimum Gasteiger partial charge on any atom is -0.396 e. The minimum atomic E-state index is -3.72. The van der Waals surface area contributed by atoms with Crippen molar-refractivity contribution in [3.05, 3.63) is 22.4 Å². The molecule has 0 aromatic heterocycles. The molecular formula is C11H16BrFN2O3S. The summed E-state index contributed by atoms with van der Waals surface area (Å²) in [6.45, 7) is 3.17. The summed E-state index contributed by atoms with van der Waals surface area (Å²) in [6, 6.07) is 2.12. The molecule has 0 aliphatic carbocycles. The molecule has 3 N–H and O–H groups in total. The normalized spacial score (nSPS) is 11.7. The van der Waals surface area contributed by atoms with Gasteiger partial charge >= 0.3 is 0 Å². The number of hydrogen-bond acceptors (Lipinski definition) is 4. The molecule has 1 rings (SSSR count). The maximum atomic E-state index is 13.2. The van der Waals surface area contributed by atoms with Crippen LogP contribution in [0.15, 0.2) is 21.5 Å². The van der Waals surface area contributed by atoms with Gasteiger partial charge in [0, 0.05) is 24.2 Å². The maximum absolute atomic E-state index is 13.2. The second kappa shape index (κ2) is 7.18. The molecule has 0 radical (unpaired) electrons. The lowest BCUT2D eigenvalue weighted by atomic mass is 10.3. The summed E-state index contributed by atoms with van der Waals surface area (Å²) in [7, 11) is -3.72. The minimum absolute atomic E-state index is 0.0807. The predicted octanol–water partition coefficient (Wildman–Crippen LogP) is 1.88. The van der Waals surface area contributed by atoms with Gasteiger partial charge in [-0.2, -0.15) is 0 Å². The van der Waals surface area contributed by atoms with Crippen molar-refractivity contribution in [2.75, 3.05) is 25.5 Å². The Morgan fingerprint density at radius 3 is 2.79 bits per heavy atom. The molecule has 0 unspecified atom stereocenters. The molecule has 0 fully saturated rings. The second-order valence-electron chi connectivity index (χ2n) is 3.75. The van der Waals surface area contributed by atoms with E-state index in [2.05, 4.69) is 20.7 Å². The Hall–Kier alpha value is -0.700. The molecule has 0 spiro atoms. The quantitative estimate of drug-likeness (QED) is 0.578. The van der Waals surface area contributed by atoms with Crippen molar-refractivity contribution >= 4 is 31.6 Å². The number of nitrogens with one attached hydrogen (secondary N) is 1. The van der Waals surface area contributed by atoms with E-state index < -0.39 is 15.8 Å². The van der Waals surface area contributed by atoms with Crippen LogP contribution in [-0.2, 0) is 14.8 Å². The van der Waals surface area contributed by atoms with Gasteiger partial charge in [-0.25, -0.2) is 17.5 Å². The van der Waals surface area contributed by atoms with Crippen LogP contribution >= 0.6 is 15.9 Å². The molecule has 19 heavy (non-hydrogen) atoms.